The molecular weight excluding hydrogens is 370 g/mol. The van der Waals surface area contributed by atoms with Gasteiger partial charge in [0.25, 0.3) is 5.91 Å². The van der Waals surface area contributed by atoms with Crippen molar-refractivity contribution in [2.45, 2.75) is 6.92 Å². The van der Waals surface area contributed by atoms with Crippen LogP contribution in [0.2, 0.25) is 10.0 Å². The summed E-state index contributed by atoms with van der Waals surface area (Å²) in [6.07, 6.45) is 0. The van der Waals surface area contributed by atoms with Crippen molar-refractivity contribution >= 4 is 45.6 Å². The molecular formula is C17H11Cl2FN2OS. The largest absolute Gasteiger partial charge is 0.298 e. The summed E-state index contributed by atoms with van der Waals surface area (Å²) in [7, 11) is 0. The molecule has 0 spiro atoms. The van der Waals surface area contributed by atoms with E-state index in [1.54, 1.807) is 0 Å². The molecule has 1 amide bonds. The van der Waals surface area contributed by atoms with Crippen LogP contribution in [0.1, 0.15) is 16.1 Å². The highest BCUT2D eigenvalue weighted by atomic mass is 35.5. The number of aromatic nitrogens is 1. The van der Waals surface area contributed by atoms with Gasteiger partial charge in [-0.1, -0.05) is 64.9 Å². The lowest BCUT2D eigenvalue weighted by Crippen LogP contribution is -2.12. The number of aryl methyl sites for hydroxylation is 1. The third-order valence-electron chi connectivity index (χ3n) is 3.31. The van der Waals surface area contributed by atoms with E-state index in [9.17, 15) is 9.18 Å². The monoisotopic (exact) mass is 380 g/mol. The highest BCUT2D eigenvalue weighted by molar-refractivity contribution is 7.19. The van der Waals surface area contributed by atoms with Gasteiger partial charge in [0.2, 0.25) is 0 Å². The maximum Gasteiger partial charge on any atom is 0.259 e. The first kappa shape index (κ1) is 16.9. The number of carbonyl (C=O) groups excluding carboxylic acids is 1. The van der Waals surface area contributed by atoms with Gasteiger partial charge in [-0.3, -0.25) is 10.1 Å². The number of nitrogens with one attached hydrogen (secondary N) is 1. The minimum Gasteiger partial charge on any atom is -0.298 e. The lowest BCUT2D eigenvalue weighted by atomic mass is 10.2. The van der Waals surface area contributed by atoms with Gasteiger partial charge in [0, 0.05) is 0 Å². The van der Waals surface area contributed by atoms with E-state index in [1.807, 2.05) is 37.3 Å². The Balaban J connectivity index is 1.87. The van der Waals surface area contributed by atoms with Crippen LogP contribution in [0.15, 0.2) is 42.5 Å². The first-order chi connectivity index (χ1) is 11.5. The number of halogens is 3. The maximum absolute atomic E-state index is 13.6. The van der Waals surface area contributed by atoms with Crippen LogP contribution in [0.3, 0.4) is 0 Å². The van der Waals surface area contributed by atoms with Crippen molar-refractivity contribution in [2.75, 3.05) is 5.32 Å². The molecule has 0 aliphatic carbocycles. The summed E-state index contributed by atoms with van der Waals surface area (Å²) in [5.74, 6) is -1.24. The van der Waals surface area contributed by atoms with Crippen molar-refractivity contribution in [2.24, 2.45) is 0 Å². The third kappa shape index (κ3) is 3.43. The number of hydrogen-bond acceptors (Lipinski definition) is 3. The van der Waals surface area contributed by atoms with Crippen molar-refractivity contribution in [1.29, 1.82) is 0 Å². The zero-order valence-electron chi connectivity index (χ0n) is 12.4. The molecule has 0 atom stereocenters. The topological polar surface area (TPSA) is 42.0 Å². The fourth-order valence-corrected chi connectivity index (χ4v) is 3.60. The second-order valence-electron chi connectivity index (χ2n) is 5.00. The van der Waals surface area contributed by atoms with Gasteiger partial charge in [-0.2, -0.15) is 0 Å². The van der Waals surface area contributed by atoms with Crippen molar-refractivity contribution in [3.63, 3.8) is 0 Å². The molecule has 0 unspecified atom stereocenters. The number of amides is 1. The van der Waals surface area contributed by atoms with Gasteiger partial charge in [0.15, 0.2) is 5.13 Å². The summed E-state index contributed by atoms with van der Waals surface area (Å²) in [6.45, 7) is 1.86. The fourth-order valence-electron chi connectivity index (χ4n) is 2.17. The average molecular weight is 381 g/mol. The van der Waals surface area contributed by atoms with Gasteiger partial charge in [-0.15, -0.1) is 0 Å². The molecule has 24 heavy (non-hydrogen) atoms. The van der Waals surface area contributed by atoms with Crippen LogP contribution in [0.4, 0.5) is 9.52 Å². The van der Waals surface area contributed by atoms with E-state index in [4.69, 9.17) is 23.2 Å². The highest BCUT2D eigenvalue weighted by Crippen LogP contribution is 2.33. The predicted octanol–water partition coefficient (Wildman–Crippen LogP) is 5.82. The molecule has 1 aromatic heterocycles. The summed E-state index contributed by atoms with van der Waals surface area (Å²) >= 11 is 13.0. The quantitative estimate of drug-likeness (QED) is 0.581. The Labute approximate surface area is 152 Å². The van der Waals surface area contributed by atoms with Gasteiger partial charge in [-0.05, 0) is 24.6 Å². The van der Waals surface area contributed by atoms with Crippen molar-refractivity contribution in [3.8, 4) is 10.4 Å². The van der Waals surface area contributed by atoms with E-state index >= 15 is 0 Å². The molecule has 3 rings (SSSR count). The Morgan fingerprint density at radius 2 is 1.88 bits per heavy atom. The minimum absolute atomic E-state index is 0.00711. The van der Waals surface area contributed by atoms with E-state index in [0.29, 0.717) is 5.13 Å². The lowest BCUT2D eigenvalue weighted by Gasteiger charge is -2.05. The zero-order valence-corrected chi connectivity index (χ0v) is 14.8. The molecule has 0 radical (unpaired) electrons. The SMILES string of the molecule is Cc1nc(NC(=O)c2cc(F)c(Cl)cc2Cl)sc1-c1ccccc1. The molecule has 0 saturated heterocycles. The summed E-state index contributed by atoms with van der Waals surface area (Å²) < 4.78 is 13.6. The molecule has 2 aromatic carbocycles. The van der Waals surface area contributed by atoms with Crippen molar-refractivity contribution < 1.29 is 9.18 Å². The van der Waals surface area contributed by atoms with Crippen LogP contribution in [0, 0.1) is 12.7 Å². The molecule has 0 aliphatic heterocycles. The molecule has 7 heteroatoms. The molecule has 1 heterocycles. The first-order valence-electron chi connectivity index (χ1n) is 6.94. The van der Waals surface area contributed by atoms with Gasteiger partial charge < -0.3 is 0 Å². The van der Waals surface area contributed by atoms with Gasteiger partial charge in [-0.25, -0.2) is 9.37 Å². The minimum atomic E-state index is -0.702. The summed E-state index contributed by atoms with van der Waals surface area (Å²) in [5.41, 5.74) is 1.83. The van der Waals surface area contributed by atoms with E-state index in [1.165, 1.54) is 17.4 Å². The Hall–Kier alpha value is -1.95. The molecule has 3 nitrogen and oxygen atoms in total. The summed E-state index contributed by atoms with van der Waals surface area (Å²) in [6, 6.07) is 12.0. The zero-order chi connectivity index (χ0) is 17.3. The van der Waals surface area contributed by atoms with E-state index in [-0.39, 0.29) is 15.6 Å². The number of rotatable bonds is 3. The van der Waals surface area contributed by atoms with Crippen LogP contribution in [0.5, 0.6) is 0 Å². The molecule has 0 saturated carbocycles. The molecule has 1 N–H and O–H groups in total. The molecule has 0 fully saturated rings. The standard InChI is InChI=1S/C17H11Cl2FN2OS/c1-9-15(10-5-3-2-4-6-10)24-17(21-9)22-16(23)11-7-14(20)13(19)8-12(11)18/h2-8H,1H3,(H,21,22,23). The number of thiazole rings is 1. The van der Waals surface area contributed by atoms with E-state index in [2.05, 4.69) is 10.3 Å². The van der Waals surface area contributed by atoms with Crippen molar-refractivity contribution in [1.82, 2.24) is 4.98 Å². The maximum atomic E-state index is 13.6. The molecule has 3 aromatic rings. The normalized spacial score (nSPS) is 10.7. The van der Waals surface area contributed by atoms with Crippen LogP contribution in [-0.4, -0.2) is 10.9 Å². The van der Waals surface area contributed by atoms with Crippen LogP contribution in [0.25, 0.3) is 10.4 Å². The van der Waals surface area contributed by atoms with E-state index in [0.717, 1.165) is 22.2 Å². The number of benzene rings is 2. The molecule has 0 bridgehead atoms. The van der Waals surface area contributed by atoms with E-state index < -0.39 is 11.7 Å². The molecule has 122 valence electrons. The van der Waals surface area contributed by atoms with Gasteiger partial charge in [0.1, 0.15) is 5.82 Å². The Kier molecular flexibility index (Phi) is 4.85. The first-order valence-corrected chi connectivity index (χ1v) is 8.51. The fraction of sp³-hybridized carbons (Fsp3) is 0.0588. The smallest absolute Gasteiger partial charge is 0.259 e. The third-order valence-corrected chi connectivity index (χ3v) is 5.03. The summed E-state index contributed by atoms with van der Waals surface area (Å²) in [5, 5.41) is 3.02. The second-order valence-corrected chi connectivity index (χ2v) is 6.81. The van der Waals surface area contributed by atoms with Crippen LogP contribution in [-0.2, 0) is 0 Å². The lowest BCUT2D eigenvalue weighted by molar-refractivity contribution is 0.102. The second kappa shape index (κ2) is 6.89. The van der Waals surface area contributed by atoms with Crippen molar-refractivity contribution in [3.05, 3.63) is 69.6 Å². The number of hydrogen-bond donors (Lipinski definition) is 1. The highest BCUT2D eigenvalue weighted by Gasteiger charge is 2.17. The average Bonchev–Trinajstić information content (AvgIpc) is 2.92. The van der Waals surface area contributed by atoms with Gasteiger partial charge >= 0.3 is 0 Å². The number of anilines is 1. The Bertz CT molecular complexity index is 912. The van der Waals surface area contributed by atoms with Gasteiger partial charge in [0.05, 0.1) is 26.2 Å². The summed E-state index contributed by atoms with van der Waals surface area (Å²) in [4.78, 5) is 17.6. The predicted molar refractivity (Wildman–Crippen MR) is 96.7 cm³/mol. The Morgan fingerprint density at radius 3 is 2.58 bits per heavy atom. The molecule has 0 aliphatic rings. The number of nitrogens with zero attached hydrogens (tertiary/aromatic N) is 1. The van der Waals surface area contributed by atoms with Crippen LogP contribution < -0.4 is 5.32 Å². The Morgan fingerprint density at radius 1 is 1.17 bits per heavy atom. The number of carbonyl (C=O) groups is 1. The van der Waals surface area contributed by atoms with Crippen LogP contribution >= 0.6 is 34.5 Å².